The van der Waals surface area contributed by atoms with Crippen molar-refractivity contribution in [2.45, 2.75) is 31.3 Å². The highest BCUT2D eigenvalue weighted by atomic mass is 32.1. The second kappa shape index (κ2) is 2.93. The van der Waals surface area contributed by atoms with E-state index in [1.165, 1.54) is 0 Å². The number of aliphatic hydroxyl groups excluding tert-OH is 1. The molecule has 0 amide bonds. The molecule has 1 aliphatic carbocycles. The van der Waals surface area contributed by atoms with Crippen molar-refractivity contribution in [1.29, 1.82) is 0 Å². The van der Waals surface area contributed by atoms with Crippen LogP contribution < -0.4 is 0 Å². The van der Waals surface area contributed by atoms with Gasteiger partial charge in [0.25, 0.3) is 0 Å². The molecular formula is C10H12O2S. The molecule has 2 atom stereocenters. The highest BCUT2D eigenvalue weighted by Crippen LogP contribution is 2.51. The lowest BCUT2D eigenvalue weighted by molar-refractivity contribution is -0.121. The van der Waals surface area contributed by atoms with Crippen molar-refractivity contribution in [2.75, 3.05) is 0 Å². The molecule has 0 aliphatic heterocycles. The van der Waals surface area contributed by atoms with Crippen LogP contribution in [0, 0.1) is 0 Å². The summed E-state index contributed by atoms with van der Waals surface area (Å²) in [4.78, 5) is 12.7. The highest BCUT2D eigenvalue weighted by Gasteiger charge is 2.60. The van der Waals surface area contributed by atoms with Crippen LogP contribution in [-0.4, -0.2) is 17.0 Å². The molecule has 1 aliphatic rings. The minimum absolute atomic E-state index is 0.169. The lowest BCUT2D eigenvalue weighted by Crippen LogP contribution is -2.22. The summed E-state index contributed by atoms with van der Waals surface area (Å²) in [5.41, 5.74) is -0.525. The summed E-state index contributed by atoms with van der Waals surface area (Å²) in [6.45, 7) is 1.85. The predicted octanol–water partition coefficient (Wildman–Crippen LogP) is 1.73. The lowest BCUT2D eigenvalue weighted by Gasteiger charge is -2.10. The largest absolute Gasteiger partial charge is 0.392 e. The molecule has 1 heterocycles. The van der Waals surface area contributed by atoms with Gasteiger partial charge in [-0.05, 0) is 17.9 Å². The van der Waals surface area contributed by atoms with Gasteiger partial charge in [0.1, 0.15) is 5.78 Å². The second-order valence-electron chi connectivity index (χ2n) is 3.45. The summed E-state index contributed by atoms with van der Waals surface area (Å²) in [5, 5.41) is 11.5. The molecule has 1 aromatic rings. The van der Waals surface area contributed by atoms with Crippen LogP contribution >= 0.6 is 11.3 Å². The quantitative estimate of drug-likeness (QED) is 0.799. The monoisotopic (exact) mass is 196 g/mol. The van der Waals surface area contributed by atoms with Crippen LogP contribution in [0.2, 0.25) is 0 Å². The van der Waals surface area contributed by atoms with E-state index in [0.717, 1.165) is 4.88 Å². The van der Waals surface area contributed by atoms with Gasteiger partial charge in [0.2, 0.25) is 0 Å². The molecule has 0 aromatic carbocycles. The zero-order valence-electron chi connectivity index (χ0n) is 7.49. The van der Waals surface area contributed by atoms with Gasteiger partial charge in [0.05, 0.1) is 11.5 Å². The van der Waals surface area contributed by atoms with E-state index in [2.05, 4.69) is 0 Å². The first-order valence-corrected chi connectivity index (χ1v) is 5.35. The zero-order valence-corrected chi connectivity index (χ0v) is 8.30. The average Bonchev–Trinajstić information content (AvgIpc) is 2.63. The fourth-order valence-corrected chi connectivity index (χ4v) is 2.80. The lowest BCUT2D eigenvalue weighted by atomic mass is 9.96. The number of thiophene rings is 1. The van der Waals surface area contributed by atoms with Gasteiger partial charge in [-0.25, -0.2) is 0 Å². The number of carbonyl (C=O) groups excluding carboxylic acids is 1. The van der Waals surface area contributed by atoms with Crippen LogP contribution in [0.4, 0.5) is 0 Å². The number of hydrogen-bond acceptors (Lipinski definition) is 3. The van der Waals surface area contributed by atoms with Gasteiger partial charge < -0.3 is 5.11 Å². The summed E-state index contributed by atoms with van der Waals surface area (Å²) in [7, 11) is 0. The number of rotatable bonds is 3. The predicted molar refractivity (Wildman–Crippen MR) is 51.9 cm³/mol. The minimum atomic E-state index is -0.525. The zero-order chi connectivity index (χ0) is 9.47. The Hall–Kier alpha value is -0.670. The first-order chi connectivity index (χ1) is 6.21. The number of hydrogen-bond donors (Lipinski definition) is 1. The average molecular weight is 196 g/mol. The molecule has 1 saturated carbocycles. The molecule has 1 aromatic heterocycles. The Bertz CT molecular complexity index is 318. The molecule has 2 unspecified atom stereocenters. The van der Waals surface area contributed by atoms with Crippen molar-refractivity contribution < 1.29 is 9.90 Å². The van der Waals surface area contributed by atoms with Crippen LogP contribution in [0.5, 0.6) is 0 Å². The van der Waals surface area contributed by atoms with E-state index < -0.39 is 11.5 Å². The normalized spacial score (nSPS) is 31.7. The molecule has 3 heteroatoms. The van der Waals surface area contributed by atoms with Crippen LogP contribution in [0.25, 0.3) is 0 Å². The SMILES string of the molecule is CCC(=O)C1(c2cccs2)CC1O. The van der Waals surface area contributed by atoms with Crippen LogP contribution in [0.1, 0.15) is 24.6 Å². The van der Waals surface area contributed by atoms with Gasteiger partial charge in [-0.3, -0.25) is 4.79 Å². The van der Waals surface area contributed by atoms with Crippen molar-refractivity contribution in [3.8, 4) is 0 Å². The Balaban J connectivity index is 2.33. The molecule has 0 radical (unpaired) electrons. The third-order valence-electron chi connectivity index (χ3n) is 2.70. The van der Waals surface area contributed by atoms with Gasteiger partial charge in [0.15, 0.2) is 0 Å². The van der Waals surface area contributed by atoms with Gasteiger partial charge in [-0.1, -0.05) is 13.0 Å². The molecule has 1 N–H and O–H groups in total. The Morgan fingerprint density at radius 1 is 1.85 bits per heavy atom. The molecule has 0 bridgehead atoms. The van der Waals surface area contributed by atoms with Crippen LogP contribution in [-0.2, 0) is 10.2 Å². The van der Waals surface area contributed by atoms with E-state index >= 15 is 0 Å². The van der Waals surface area contributed by atoms with E-state index in [4.69, 9.17) is 0 Å². The van der Waals surface area contributed by atoms with Crippen molar-refractivity contribution in [3.05, 3.63) is 22.4 Å². The third kappa shape index (κ3) is 1.15. The van der Waals surface area contributed by atoms with E-state index in [1.54, 1.807) is 11.3 Å². The summed E-state index contributed by atoms with van der Waals surface area (Å²) in [5.74, 6) is 0.169. The molecule has 1 fully saturated rings. The fourth-order valence-electron chi connectivity index (χ4n) is 1.80. The van der Waals surface area contributed by atoms with Gasteiger partial charge in [0, 0.05) is 11.3 Å². The van der Waals surface area contributed by atoms with E-state index in [9.17, 15) is 9.90 Å². The Morgan fingerprint density at radius 3 is 2.92 bits per heavy atom. The van der Waals surface area contributed by atoms with Crippen molar-refractivity contribution >= 4 is 17.1 Å². The Morgan fingerprint density at radius 2 is 2.54 bits per heavy atom. The van der Waals surface area contributed by atoms with Crippen LogP contribution in [0.15, 0.2) is 17.5 Å². The smallest absolute Gasteiger partial charge is 0.146 e. The fraction of sp³-hybridized carbons (Fsp3) is 0.500. The van der Waals surface area contributed by atoms with Crippen molar-refractivity contribution in [3.63, 3.8) is 0 Å². The maximum Gasteiger partial charge on any atom is 0.146 e. The van der Waals surface area contributed by atoms with Gasteiger partial charge >= 0.3 is 0 Å². The first kappa shape index (κ1) is 8.91. The standard InChI is InChI=1S/C10H12O2S/c1-2-7(11)10(6-8(10)12)9-4-3-5-13-9/h3-5,8,12H,2,6H2,1H3. The summed E-state index contributed by atoms with van der Waals surface area (Å²) < 4.78 is 0. The third-order valence-corrected chi connectivity index (χ3v) is 3.75. The molecule has 70 valence electrons. The topological polar surface area (TPSA) is 37.3 Å². The molecular weight excluding hydrogens is 184 g/mol. The first-order valence-electron chi connectivity index (χ1n) is 4.47. The molecule has 0 spiro atoms. The minimum Gasteiger partial charge on any atom is -0.392 e. The number of carbonyl (C=O) groups is 1. The maximum atomic E-state index is 11.7. The van der Waals surface area contributed by atoms with Gasteiger partial charge in [-0.15, -0.1) is 11.3 Å². The molecule has 2 nitrogen and oxygen atoms in total. The Labute approximate surface area is 81.2 Å². The van der Waals surface area contributed by atoms with Crippen LogP contribution in [0.3, 0.4) is 0 Å². The van der Waals surface area contributed by atoms with E-state index in [-0.39, 0.29) is 5.78 Å². The number of Topliss-reactive ketones (excluding diaryl/α,β-unsaturated/α-hetero) is 1. The number of ketones is 1. The highest BCUT2D eigenvalue weighted by molar-refractivity contribution is 7.10. The molecule has 13 heavy (non-hydrogen) atoms. The number of aliphatic hydroxyl groups is 1. The van der Waals surface area contributed by atoms with Crippen molar-refractivity contribution in [2.24, 2.45) is 0 Å². The Kier molecular flexibility index (Phi) is 2.00. The summed E-state index contributed by atoms with van der Waals surface area (Å²) in [6, 6.07) is 3.87. The second-order valence-corrected chi connectivity index (χ2v) is 4.39. The van der Waals surface area contributed by atoms with E-state index in [0.29, 0.717) is 12.8 Å². The maximum absolute atomic E-state index is 11.7. The van der Waals surface area contributed by atoms with E-state index in [1.807, 2.05) is 24.4 Å². The molecule has 2 rings (SSSR count). The summed E-state index contributed by atoms with van der Waals surface area (Å²) >= 11 is 1.56. The summed E-state index contributed by atoms with van der Waals surface area (Å²) in [6.07, 6.45) is 0.674. The molecule has 0 saturated heterocycles. The van der Waals surface area contributed by atoms with Crippen molar-refractivity contribution in [1.82, 2.24) is 0 Å². The van der Waals surface area contributed by atoms with Gasteiger partial charge in [-0.2, -0.15) is 0 Å².